The Kier molecular flexibility index (Phi) is 4.69. The number of amides is 2. The van der Waals surface area contributed by atoms with Crippen LogP contribution in [0, 0.1) is 5.92 Å². The summed E-state index contributed by atoms with van der Waals surface area (Å²) in [6, 6.07) is 5.32. The Balaban J connectivity index is 1.66. The summed E-state index contributed by atoms with van der Waals surface area (Å²) in [6.45, 7) is 2.47. The van der Waals surface area contributed by atoms with Crippen LogP contribution in [0.3, 0.4) is 0 Å². The molecule has 0 radical (unpaired) electrons. The molecule has 124 valence electrons. The van der Waals surface area contributed by atoms with Gasteiger partial charge in [0.05, 0.1) is 0 Å². The maximum absolute atomic E-state index is 12.7. The molecule has 1 unspecified atom stereocenters. The van der Waals surface area contributed by atoms with Gasteiger partial charge < -0.3 is 20.1 Å². The number of rotatable bonds is 4. The van der Waals surface area contributed by atoms with Crippen molar-refractivity contribution >= 4 is 11.8 Å². The molecule has 1 fully saturated rings. The highest BCUT2D eigenvalue weighted by Crippen LogP contribution is 2.31. The molecule has 0 aliphatic carbocycles. The van der Waals surface area contributed by atoms with Crippen LogP contribution in [0.1, 0.15) is 36.0 Å². The van der Waals surface area contributed by atoms with Gasteiger partial charge in [-0.1, -0.05) is 0 Å². The third-order valence-corrected chi connectivity index (χ3v) is 4.39. The predicted molar refractivity (Wildman–Crippen MR) is 84.5 cm³/mol. The molecule has 0 saturated carbocycles. The van der Waals surface area contributed by atoms with Crippen molar-refractivity contribution < 1.29 is 19.1 Å². The van der Waals surface area contributed by atoms with Crippen molar-refractivity contribution in [2.75, 3.05) is 26.3 Å². The Morgan fingerprint density at radius 3 is 2.78 bits per heavy atom. The van der Waals surface area contributed by atoms with Crippen LogP contribution in [-0.4, -0.2) is 43.0 Å². The van der Waals surface area contributed by atoms with Gasteiger partial charge in [0, 0.05) is 25.1 Å². The summed E-state index contributed by atoms with van der Waals surface area (Å²) in [4.78, 5) is 25.5. The third-order valence-electron chi connectivity index (χ3n) is 4.39. The highest BCUT2D eigenvalue weighted by molar-refractivity contribution is 5.95. The topological polar surface area (TPSA) is 81.9 Å². The first-order valence-electron chi connectivity index (χ1n) is 8.10. The van der Waals surface area contributed by atoms with E-state index in [1.54, 1.807) is 18.2 Å². The second-order valence-corrected chi connectivity index (χ2v) is 6.12. The van der Waals surface area contributed by atoms with Gasteiger partial charge in [-0.05, 0) is 43.4 Å². The number of carbonyl (C=O) groups is 2. The average molecular weight is 318 g/mol. The summed E-state index contributed by atoms with van der Waals surface area (Å²) in [7, 11) is 0. The van der Waals surface area contributed by atoms with Crippen LogP contribution in [-0.2, 0) is 4.79 Å². The smallest absolute Gasteiger partial charge is 0.254 e. The molecule has 2 aliphatic rings. The van der Waals surface area contributed by atoms with Gasteiger partial charge in [0.25, 0.3) is 5.91 Å². The molecule has 2 aliphatic heterocycles. The lowest BCUT2D eigenvalue weighted by atomic mass is 9.93. The van der Waals surface area contributed by atoms with Crippen molar-refractivity contribution in [3.05, 3.63) is 23.8 Å². The summed E-state index contributed by atoms with van der Waals surface area (Å²) in [5.41, 5.74) is 5.83. The molecule has 1 atom stereocenters. The monoisotopic (exact) mass is 318 g/mol. The molecular formula is C17H22N2O4. The quantitative estimate of drug-likeness (QED) is 0.913. The maximum Gasteiger partial charge on any atom is 0.254 e. The number of likely N-dealkylation sites (tertiary alicyclic amines) is 1. The molecule has 1 aromatic carbocycles. The van der Waals surface area contributed by atoms with Crippen molar-refractivity contribution in [1.82, 2.24) is 4.90 Å². The molecule has 6 heteroatoms. The number of carbonyl (C=O) groups excluding carboxylic acids is 2. The number of nitrogens with zero attached hydrogens (tertiary/aromatic N) is 1. The van der Waals surface area contributed by atoms with E-state index < -0.39 is 0 Å². The Morgan fingerprint density at radius 2 is 2.00 bits per heavy atom. The van der Waals surface area contributed by atoms with Gasteiger partial charge in [0.15, 0.2) is 11.5 Å². The van der Waals surface area contributed by atoms with Crippen molar-refractivity contribution in [1.29, 1.82) is 0 Å². The molecule has 23 heavy (non-hydrogen) atoms. The molecule has 6 nitrogen and oxygen atoms in total. The first-order valence-corrected chi connectivity index (χ1v) is 8.10. The van der Waals surface area contributed by atoms with Crippen molar-refractivity contribution in [3.8, 4) is 11.5 Å². The van der Waals surface area contributed by atoms with E-state index in [1.807, 2.05) is 4.90 Å². The van der Waals surface area contributed by atoms with E-state index >= 15 is 0 Å². The fraction of sp³-hybridized carbons (Fsp3) is 0.529. The van der Waals surface area contributed by atoms with Gasteiger partial charge in [-0.3, -0.25) is 9.59 Å². The van der Waals surface area contributed by atoms with Crippen molar-refractivity contribution in [2.45, 2.75) is 25.7 Å². The van der Waals surface area contributed by atoms with Gasteiger partial charge in [-0.25, -0.2) is 0 Å². The Bertz CT molecular complexity index is 602. The van der Waals surface area contributed by atoms with Crippen LogP contribution in [0.4, 0.5) is 0 Å². The zero-order valence-corrected chi connectivity index (χ0v) is 13.1. The van der Waals surface area contributed by atoms with E-state index in [9.17, 15) is 9.59 Å². The molecule has 1 saturated heterocycles. The number of nitrogens with two attached hydrogens (primary N) is 1. The fourth-order valence-electron chi connectivity index (χ4n) is 3.19. The highest BCUT2D eigenvalue weighted by atomic mass is 16.6. The molecule has 0 aromatic heterocycles. The van der Waals surface area contributed by atoms with E-state index in [-0.39, 0.29) is 11.8 Å². The molecule has 2 N–H and O–H groups in total. The van der Waals surface area contributed by atoms with Gasteiger partial charge in [-0.2, -0.15) is 0 Å². The zero-order chi connectivity index (χ0) is 16.2. The van der Waals surface area contributed by atoms with Gasteiger partial charge in [0.2, 0.25) is 5.91 Å². The molecule has 0 bridgehead atoms. The Hall–Kier alpha value is -2.24. The van der Waals surface area contributed by atoms with E-state index in [0.29, 0.717) is 49.2 Å². The molecule has 1 aromatic rings. The Morgan fingerprint density at radius 1 is 1.22 bits per heavy atom. The minimum absolute atomic E-state index is 0.00532. The largest absolute Gasteiger partial charge is 0.486 e. The summed E-state index contributed by atoms with van der Waals surface area (Å²) in [5.74, 6) is 1.39. The number of benzene rings is 1. The fourth-order valence-corrected chi connectivity index (χ4v) is 3.19. The molecule has 2 heterocycles. The molecule has 2 amide bonds. The van der Waals surface area contributed by atoms with Gasteiger partial charge in [0.1, 0.15) is 13.2 Å². The number of hydrogen-bond acceptors (Lipinski definition) is 4. The SMILES string of the molecule is NC(=O)CCC1CCCN(C(=O)c2ccc3c(c2)OCCO3)C1. The highest BCUT2D eigenvalue weighted by Gasteiger charge is 2.25. The van der Waals surface area contributed by atoms with Crippen molar-refractivity contribution in [2.24, 2.45) is 11.7 Å². The minimum atomic E-state index is -0.278. The molecule has 0 spiro atoms. The number of piperidine rings is 1. The molecular weight excluding hydrogens is 296 g/mol. The molecule has 3 rings (SSSR count). The summed E-state index contributed by atoms with van der Waals surface area (Å²) >= 11 is 0. The standard InChI is InChI=1S/C17H22N2O4/c18-16(20)6-3-12-2-1-7-19(11-12)17(21)13-4-5-14-15(10-13)23-9-8-22-14/h4-5,10,12H,1-3,6-9,11H2,(H2,18,20). The lowest BCUT2D eigenvalue weighted by molar-refractivity contribution is -0.118. The van der Waals surface area contributed by atoms with Crippen LogP contribution in [0.25, 0.3) is 0 Å². The van der Waals surface area contributed by atoms with Crippen molar-refractivity contribution in [3.63, 3.8) is 0 Å². The summed E-state index contributed by atoms with van der Waals surface area (Å²) in [6.07, 6.45) is 3.13. The number of hydrogen-bond donors (Lipinski definition) is 1. The summed E-state index contributed by atoms with van der Waals surface area (Å²) in [5, 5.41) is 0. The Labute approximate surface area is 135 Å². The van der Waals surface area contributed by atoms with Crippen LogP contribution >= 0.6 is 0 Å². The lowest BCUT2D eigenvalue weighted by Crippen LogP contribution is -2.40. The predicted octanol–water partition coefficient (Wildman–Crippen LogP) is 1.58. The first-order chi connectivity index (χ1) is 11.1. The van der Waals surface area contributed by atoms with Gasteiger partial charge >= 0.3 is 0 Å². The number of primary amides is 1. The lowest BCUT2D eigenvalue weighted by Gasteiger charge is -2.33. The van der Waals surface area contributed by atoms with E-state index in [2.05, 4.69) is 0 Å². The number of fused-ring (bicyclic) bond motifs is 1. The maximum atomic E-state index is 12.7. The third kappa shape index (κ3) is 3.75. The average Bonchev–Trinajstić information content (AvgIpc) is 2.59. The summed E-state index contributed by atoms with van der Waals surface area (Å²) < 4.78 is 11.0. The first kappa shape index (κ1) is 15.6. The van der Waals surface area contributed by atoms with Crippen LogP contribution < -0.4 is 15.2 Å². The van der Waals surface area contributed by atoms with Crippen LogP contribution in [0.2, 0.25) is 0 Å². The van der Waals surface area contributed by atoms with Crippen LogP contribution in [0.5, 0.6) is 11.5 Å². The van der Waals surface area contributed by atoms with E-state index in [4.69, 9.17) is 15.2 Å². The number of ether oxygens (including phenoxy) is 2. The van der Waals surface area contributed by atoms with E-state index in [1.165, 1.54) is 0 Å². The van der Waals surface area contributed by atoms with Crippen LogP contribution in [0.15, 0.2) is 18.2 Å². The van der Waals surface area contributed by atoms with E-state index in [0.717, 1.165) is 25.8 Å². The zero-order valence-electron chi connectivity index (χ0n) is 13.1. The second kappa shape index (κ2) is 6.89. The second-order valence-electron chi connectivity index (χ2n) is 6.12. The van der Waals surface area contributed by atoms with Gasteiger partial charge in [-0.15, -0.1) is 0 Å². The normalized spacial score (nSPS) is 20.2. The minimum Gasteiger partial charge on any atom is -0.486 e.